The van der Waals surface area contributed by atoms with E-state index in [1.165, 1.54) is 5.56 Å². The van der Waals surface area contributed by atoms with Gasteiger partial charge in [0.2, 0.25) is 0 Å². The van der Waals surface area contributed by atoms with Gasteiger partial charge in [0, 0.05) is 12.6 Å². The molecule has 0 aliphatic carbocycles. The first kappa shape index (κ1) is 15.2. The third kappa shape index (κ3) is 5.67. The van der Waals surface area contributed by atoms with Crippen LogP contribution < -0.4 is 5.32 Å². The second-order valence-electron chi connectivity index (χ2n) is 5.21. The monoisotopic (exact) mass is 254 g/mol. The summed E-state index contributed by atoms with van der Waals surface area (Å²) in [4.78, 5) is 2.10. The van der Waals surface area contributed by atoms with Crippen LogP contribution in [0.3, 0.4) is 0 Å². The van der Waals surface area contributed by atoms with Crippen LogP contribution in [0.5, 0.6) is 0 Å². The lowest BCUT2D eigenvalue weighted by Gasteiger charge is -2.08. The molecule has 0 radical (unpaired) electrons. The summed E-state index contributed by atoms with van der Waals surface area (Å²) in [7, 11) is 4.08. The molecule has 1 N–H and O–H groups in total. The first-order valence-corrected chi connectivity index (χ1v) is 6.53. The Kier molecular flexibility index (Phi) is 6.39. The Hall–Kier alpha value is -0.840. The summed E-state index contributed by atoms with van der Waals surface area (Å²) in [5.74, 6) is 1.92. The summed E-state index contributed by atoms with van der Waals surface area (Å²) in [6, 6.07) is 2.53. The summed E-state index contributed by atoms with van der Waals surface area (Å²) >= 11 is 0. The van der Waals surface area contributed by atoms with E-state index in [4.69, 9.17) is 9.15 Å². The molecule has 1 aromatic heterocycles. The van der Waals surface area contributed by atoms with E-state index < -0.39 is 0 Å². The number of nitrogens with zero attached hydrogens (tertiary/aromatic N) is 1. The lowest BCUT2D eigenvalue weighted by Crippen LogP contribution is -2.21. The lowest BCUT2D eigenvalue weighted by atomic mass is 10.2. The number of rotatable bonds is 8. The van der Waals surface area contributed by atoms with E-state index >= 15 is 0 Å². The number of aryl methyl sites for hydroxylation is 1. The van der Waals surface area contributed by atoms with Crippen LogP contribution in [0.15, 0.2) is 10.5 Å². The second-order valence-corrected chi connectivity index (χ2v) is 5.21. The summed E-state index contributed by atoms with van der Waals surface area (Å²) in [5, 5.41) is 3.36. The van der Waals surface area contributed by atoms with Crippen molar-refractivity contribution in [3.8, 4) is 0 Å². The predicted octanol–water partition coefficient (Wildman–Crippen LogP) is 2.16. The van der Waals surface area contributed by atoms with Crippen molar-refractivity contribution in [1.82, 2.24) is 10.2 Å². The van der Waals surface area contributed by atoms with E-state index in [0.29, 0.717) is 12.6 Å². The lowest BCUT2D eigenvalue weighted by molar-refractivity contribution is 0.0917. The van der Waals surface area contributed by atoms with Crippen molar-refractivity contribution in [3.05, 3.63) is 23.2 Å². The van der Waals surface area contributed by atoms with Gasteiger partial charge in [-0.25, -0.2) is 0 Å². The van der Waals surface area contributed by atoms with Gasteiger partial charge in [0.05, 0.1) is 13.2 Å². The van der Waals surface area contributed by atoms with Crippen LogP contribution in [0.25, 0.3) is 0 Å². The fourth-order valence-electron chi connectivity index (χ4n) is 1.55. The number of ether oxygens (including phenoxy) is 1. The zero-order valence-corrected chi connectivity index (χ0v) is 12.2. The molecule has 0 aliphatic rings. The van der Waals surface area contributed by atoms with Crippen molar-refractivity contribution in [2.75, 3.05) is 27.2 Å². The summed E-state index contributed by atoms with van der Waals surface area (Å²) in [6.45, 7) is 9.32. The third-order valence-corrected chi connectivity index (χ3v) is 2.67. The summed E-state index contributed by atoms with van der Waals surface area (Å²) < 4.78 is 11.3. The maximum Gasteiger partial charge on any atom is 0.130 e. The van der Waals surface area contributed by atoms with Gasteiger partial charge in [-0.05, 0) is 32.6 Å². The Morgan fingerprint density at radius 1 is 1.39 bits per heavy atom. The Morgan fingerprint density at radius 3 is 2.72 bits per heavy atom. The van der Waals surface area contributed by atoms with E-state index in [1.807, 2.05) is 14.1 Å². The van der Waals surface area contributed by atoms with Crippen molar-refractivity contribution in [1.29, 1.82) is 0 Å². The van der Waals surface area contributed by atoms with E-state index in [1.54, 1.807) is 0 Å². The van der Waals surface area contributed by atoms with E-state index in [9.17, 15) is 0 Å². The van der Waals surface area contributed by atoms with Crippen LogP contribution >= 0.6 is 0 Å². The van der Waals surface area contributed by atoms with Gasteiger partial charge in [-0.1, -0.05) is 13.8 Å². The van der Waals surface area contributed by atoms with Gasteiger partial charge in [-0.3, -0.25) is 0 Å². The quantitative estimate of drug-likeness (QED) is 0.721. The highest BCUT2D eigenvalue weighted by atomic mass is 16.5. The van der Waals surface area contributed by atoms with Gasteiger partial charge in [0.15, 0.2) is 0 Å². The van der Waals surface area contributed by atoms with Crippen molar-refractivity contribution in [3.63, 3.8) is 0 Å². The van der Waals surface area contributed by atoms with Crippen LogP contribution in [-0.4, -0.2) is 38.2 Å². The zero-order chi connectivity index (χ0) is 13.5. The van der Waals surface area contributed by atoms with E-state index in [-0.39, 0.29) is 0 Å². The topological polar surface area (TPSA) is 37.6 Å². The van der Waals surface area contributed by atoms with Gasteiger partial charge >= 0.3 is 0 Å². The van der Waals surface area contributed by atoms with Gasteiger partial charge in [-0.2, -0.15) is 0 Å². The number of nitrogens with one attached hydrogen (secondary N) is 1. The summed E-state index contributed by atoms with van der Waals surface area (Å²) in [5.41, 5.74) is 1.19. The third-order valence-electron chi connectivity index (χ3n) is 2.67. The number of likely N-dealkylation sites (N-methyl/N-ethyl adjacent to an activating group) is 1. The first-order valence-electron chi connectivity index (χ1n) is 6.53. The number of hydrogen-bond acceptors (Lipinski definition) is 4. The Balaban J connectivity index is 2.36. The molecule has 1 aromatic rings. The molecular formula is C14H26N2O2. The maximum absolute atomic E-state index is 5.77. The molecule has 0 spiro atoms. The Morgan fingerprint density at radius 2 is 2.11 bits per heavy atom. The van der Waals surface area contributed by atoms with Gasteiger partial charge < -0.3 is 19.4 Å². The van der Waals surface area contributed by atoms with Crippen LogP contribution in [0.2, 0.25) is 0 Å². The highest BCUT2D eigenvalue weighted by molar-refractivity contribution is 5.19. The molecule has 0 unspecified atom stereocenters. The molecule has 0 aromatic carbocycles. The maximum atomic E-state index is 5.77. The van der Waals surface area contributed by atoms with Crippen molar-refractivity contribution >= 4 is 0 Å². The molecule has 104 valence electrons. The fourth-order valence-corrected chi connectivity index (χ4v) is 1.55. The number of furan rings is 1. The highest BCUT2D eigenvalue weighted by Gasteiger charge is 2.08. The van der Waals surface area contributed by atoms with Gasteiger partial charge in [0.25, 0.3) is 0 Å². The smallest absolute Gasteiger partial charge is 0.130 e. The molecule has 1 rings (SSSR count). The molecule has 0 bridgehead atoms. The first-order chi connectivity index (χ1) is 8.49. The zero-order valence-electron chi connectivity index (χ0n) is 12.2. The Bertz CT molecular complexity index is 346. The molecule has 0 fully saturated rings. The van der Waals surface area contributed by atoms with Crippen LogP contribution in [0.4, 0.5) is 0 Å². The van der Waals surface area contributed by atoms with E-state index in [0.717, 1.165) is 31.2 Å². The predicted molar refractivity (Wildman–Crippen MR) is 73.6 cm³/mol. The minimum atomic E-state index is 0.467. The molecular weight excluding hydrogens is 228 g/mol. The molecule has 4 heteroatoms. The normalized spacial score (nSPS) is 11.7. The SMILES string of the molecule is Cc1cc(COCCN(C)C)oc1CNC(C)C. The van der Waals surface area contributed by atoms with Crippen molar-refractivity contribution in [2.45, 2.75) is 40.0 Å². The molecule has 0 amide bonds. The number of hydrogen-bond donors (Lipinski definition) is 1. The van der Waals surface area contributed by atoms with Crippen molar-refractivity contribution < 1.29 is 9.15 Å². The largest absolute Gasteiger partial charge is 0.462 e. The molecule has 0 atom stereocenters. The van der Waals surface area contributed by atoms with Crippen molar-refractivity contribution in [2.24, 2.45) is 0 Å². The van der Waals surface area contributed by atoms with Crippen LogP contribution in [0, 0.1) is 6.92 Å². The standard InChI is InChI=1S/C14H26N2O2/c1-11(2)15-9-14-12(3)8-13(18-14)10-17-7-6-16(4)5/h8,11,15H,6-7,9-10H2,1-5H3. The van der Waals surface area contributed by atoms with Gasteiger partial charge in [0.1, 0.15) is 18.1 Å². The van der Waals surface area contributed by atoms with Crippen LogP contribution in [-0.2, 0) is 17.9 Å². The molecule has 0 saturated heterocycles. The van der Waals surface area contributed by atoms with Gasteiger partial charge in [-0.15, -0.1) is 0 Å². The minimum absolute atomic E-state index is 0.467. The minimum Gasteiger partial charge on any atom is -0.462 e. The molecule has 0 aliphatic heterocycles. The summed E-state index contributed by atoms with van der Waals surface area (Å²) in [6.07, 6.45) is 0. The Labute approximate surface area is 110 Å². The highest BCUT2D eigenvalue weighted by Crippen LogP contribution is 2.15. The van der Waals surface area contributed by atoms with E-state index in [2.05, 4.69) is 37.1 Å². The second kappa shape index (κ2) is 7.56. The molecule has 1 heterocycles. The average molecular weight is 254 g/mol. The molecule has 0 saturated carbocycles. The average Bonchev–Trinajstić information content (AvgIpc) is 2.62. The fraction of sp³-hybridized carbons (Fsp3) is 0.714. The molecule has 18 heavy (non-hydrogen) atoms. The molecule has 4 nitrogen and oxygen atoms in total. The van der Waals surface area contributed by atoms with Crippen LogP contribution in [0.1, 0.15) is 30.9 Å².